The Morgan fingerprint density at radius 3 is 2.58 bits per heavy atom. The van der Waals surface area contributed by atoms with Crippen molar-refractivity contribution in [1.29, 1.82) is 0 Å². The summed E-state index contributed by atoms with van der Waals surface area (Å²) < 4.78 is 15.4. The highest BCUT2D eigenvalue weighted by Crippen LogP contribution is 2.25. The molecule has 0 aliphatic carbocycles. The van der Waals surface area contributed by atoms with Crippen molar-refractivity contribution >= 4 is 23.6 Å². The highest BCUT2D eigenvalue weighted by molar-refractivity contribution is 6.02. The molecule has 0 radical (unpaired) electrons. The van der Waals surface area contributed by atoms with Gasteiger partial charge >= 0.3 is 5.97 Å². The summed E-state index contributed by atoms with van der Waals surface area (Å²) in [5, 5.41) is 2.71. The Balaban J connectivity index is 2.08. The fraction of sp³-hybridized carbons (Fsp3) is 0.200. The molecule has 0 aromatic heterocycles. The van der Waals surface area contributed by atoms with Crippen molar-refractivity contribution in [3.63, 3.8) is 0 Å². The molecule has 0 aliphatic rings. The van der Waals surface area contributed by atoms with Gasteiger partial charge in [0.05, 0.1) is 26.4 Å². The molecule has 0 saturated heterocycles. The maximum Gasteiger partial charge on any atom is 0.338 e. The molecule has 26 heavy (non-hydrogen) atoms. The molecule has 0 heterocycles. The van der Waals surface area contributed by atoms with Gasteiger partial charge in [0.2, 0.25) is 5.91 Å². The van der Waals surface area contributed by atoms with Crippen LogP contribution in [0.2, 0.25) is 0 Å². The maximum absolute atomic E-state index is 12.1. The predicted molar refractivity (Wildman–Crippen MR) is 99.6 cm³/mol. The van der Waals surface area contributed by atoms with Crippen molar-refractivity contribution in [1.82, 2.24) is 0 Å². The number of ether oxygens (including phenoxy) is 3. The number of esters is 1. The highest BCUT2D eigenvalue weighted by Gasteiger charge is 2.08. The summed E-state index contributed by atoms with van der Waals surface area (Å²) in [4.78, 5) is 23.9. The van der Waals surface area contributed by atoms with Gasteiger partial charge in [0.25, 0.3) is 0 Å². The second kappa shape index (κ2) is 9.27. The van der Waals surface area contributed by atoms with Crippen LogP contribution in [0.1, 0.15) is 22.8 Å². The third-order valence-electron chi connectivity index (χ3n) is 3.50. The number of hydrogen-bond acceptors (Lipinski definition) is 5. The van der Waals surface area contributed by atoms with E-state index in [2.05, 4.69) is 5.32 Å². The van der Waals surface area contributed by atoms with E-state index in [1.165, 1.54) is 6.08 Å². The van der Waals surface area contributed by atoms with E-state index in [0.29, 0.717) is 29.4 Å². The number of nitrogens with one attached hydrogen (secondary N) is 1. The van der Waals surface area contributed by atoms with Crippen LogP contribution in [-0.2, 0) is 9.53 Å². The average Bonchev–Trinajstić information content (AvgIpc) is 2.66. The maximum atomic E-state index is 12.1. The van der Waals surface area contributed by atoms with Gasteiger partial charge in [-0.05, 0) is 43.3 Å². The Morgan fingerprint density at radius 2 is 1.88 bits per heavy atom. The largest absolute Gasteiger partial charge is 0.497 e. The number of rotatable bonds is 7. The molecular weight excluding hydrogens is 334 g/mol. The van der Waals surface area contributed by atoms with E-state index in [9.17, 15) is 9.59 Å². The van der Waals surface area contributed by atoms with Gasteiger partial charge in [-0.2, -0.15) is 0 Å². The minimum Gasteiger partial charge on any atom is -0.497 e. The number of anilines is 1. The molecular formula is C20H21NO5. The van der Waals surface area contributed by atoms with E-state index in [-0.39, 0.29) is 5.91 Å². The van der Waals surface area contributed by atoms with Gasteiger partial charge in [0, 0.05) is 23.4 Å². The molecule has 0 aliphatic heterocycles. The number of carbonyl (C=O) groups excluding carboxylic acids is 2. The third-order valence-corrected chi connectivity index (χ3v) is 3.50. The number of hydrogen-bond donors (Lipinski definition) is 1. The molecule has 0 unspecified atom stereocenters. The molecule has 1 amide bonds. The Bertz CT molecular complexity index is 814. The van der Waals surface area contributed by atoms with Crippen molar-refractivity contribution < 1.29 is 23.8 Å². The van der Waals surface area contributed by atoms with E-state index in [0.717, 1.165) is 5.56 Å². The quantitative estimate of drug-likeness (QED) is 0.607. The zero-order valence-electron chi connectivity index (χ0n) is 14.9. The second-order valence-electron chi connectivity index (χ2n) is 5.23. The van der Waals surface area contributed by atoms with Crippen LogP contribution in [0.25, 0.3) is 6.08 Å². The van der Waals surface area contributed by atoms with Crippen molar-refractivity contribution in [2.45, 2.75) is 6.92 Å². The first-order valence-corrected chi connectivity index (χ1v) is 8.05. The predicted octanol–water partition coefficient (Wildman–Crippen LogP) is 3.53. The minimum atomic E-state index is -0.429. The first kappa shape index (κ1) is 19.1. The first-order valence-electron chi connectivity index (χ1n) is 8.05. The summed E-state index contributed by atoms with van der Waals surface area (Å²) in [6.45, 7) is 2.03. The monoisotopic (exact) mass is 355 g/mol. The van der Waals surface area contributed by atoms with Gasteiger partial charge in [-0.15, -0.1) is 0 Å². The second-order valence-corrected chi connectivity index (χ2v) is 5.23. The van der Waals surface area contributed by atoms with Crippen LogP contribution in [0.3, 0.4) is 0 Å². The van der Waals surface area contributed by atoms with Crippen molar-refractivity contribution in [3.8, 4) is 11.5 Å². The summed E-state index contributed by atoms with van der Waals surface area (Å²) >= 11 is 0. The standard InChI is InChI=1S/C20H21NO5/c1-4-26-20(23)15-6-5-7-16(12-15)21-19(22)11-9-14-8-10-17(24-2)13-18(14)25-3/h5-13H,4H2,1-3H3,(H,21,22). The Morgan fingerprint density at radius 1 is 1.08 bits per heavy atom. The Hall–Kier alpha value is -3.28. The van der Waals surface area contributed by atoms with Crippen LogP contribution < -0.4 is 14.8 Å². The van der Waals surface area contributed by atoms with Crippen LogP contribution in [0.15, 0.2) is 48.5 Å². The van der Waals surface area contributed by atoms with Crippen LogP contribution in [0, 0.1) is 0 Å². The average molecular weight is 355 g/mol. The van der Waals surface area contributed by atoms with Crippen molar-refractivity contribution in [2.75, 3.05) is 26.1 Å². The smallest absolute Gasteiger partial charge is 0.338 e. The van der Waals surface area contributed by atoms with Crippen LogP contribution >= 0.6 is 0 Å². The first-order chi connectivity index (χ1) is 12.6. The van der Waals surface area contributed by atoms with Gasteiger partial charge in [-0.25, -0.2) is 4.79 Å². The van der Waals surface area contributed by atoms with Crippen LogP contribution in [-0.4, -0.2) is 32.7 Å². The van der Waals surface area contributed by atoms with Crippen LogP contribution in [0.4, 0.5) is 5.69 Å². The molecule has 2 rings (SSSR count). The molecule has 2 aromatic rings. The van der Waals surface area contributed by atoms with E-state index < -0.39 is 5.97 Å². The number of benzene rings is 2. The molecule has 2 aromatic carbocycles. The zero-order chi connectivity index (χ0) is 18.9. The van der Waals surface area contributed by atoms with E-state index in [4.69, 9.17) is 14.2 Å². The molecule has 6 nitrogen and oxygen atoms in total. The van der Waals surface area contributed by atoms with Gasteiger partial charge in [-0.1, -0.05) is 6.07 Å². The fourth-order valence-corrected chi connectivity index (χ4v) is 2.24. The SMILES string of the molecule is CCOC(=O)c1cccc(NC(=O)C=Cc2ccc(OC)cc2OC)c1. The molecule has 0 fully saturated rings. The summed E-state index contributed by atoms with van der Waals surface area (Å²) in [5.74, 6) is 0.503. The summed E-state index contributed by atoms with van der Waals surface area (Å²) in [7, 11) is 3.12. The molecule has 0 saturated carbocycles. The van der Waals surface area contributed by atoms with E-state index >= 15 is 0 Å². The van der Waals surface area contributed by atoms with E-state index in [1.54, 1.807) is 69.7 Å². The normalized spacial score (nSPS) is 10.4. The van der Waals surface area contributed by atoms with E-state index in [1.807, 2.05) is 0 Å². The van der Waals surface area contributed by atoms with Gasteiger partial charge in [0.15, 0.2) is 0 Å². The molecule has 136 valence electrons. The summed E-state index contributed by atoms with van der Waals surface area (Å²) in [6, 6.07) is 11.9. The molecule has 0 spiro atoms. The summed E-state index contributed by atoms with van der Waals surface area (Å²) in [5.41, 5.74) is 1.63. The van der Waals surface area contributed by atoms with Gasteiger partial charge in [0.1, 0.15) is 11.5 Å². The molecule has 6 heteroatoms. The lowest BCUT2D eigenvalue weighted by molar-refractivity contribution is -0.111. The number of amides is 1. The molecule has 1 N–H and O–H groups in total. The Kier molecular flexibility index (Phi) is 6.79. The number of carbonyl (C=O) groups is 2. The zero-order valence-corrected chi connectivity index (χ0v) is 14.9. The van der Waals surface area contributed by atoms with Crippen LogP contribution in [0.5, 0.6) is 11.5 Å². The molecule has 0 atom stereocenters. The summed E-state index contributed by atoms with van der Waals surface area (Å²) in [6.07, 6.45) is 3.03. The van der Waals surface area contributed by atoms with Gasteiger partial charge < -0.3 is 19.5 Å². The molecule has 0 bridgehead atoms. The van der Waals surface area contributed by atoms with Crippen molar-refractivity contribution in [3.05, 3.63) is 59.7 Å². The van der Waals surface area contributed by atoms with Gasteiger partial charge in [-0.3, -0.25) is 4.79 Å². The van der Waals surface area contributed by atoms with Crippen molar-refractivity contribution in [2.24, 2.45) is 0 Å². The Labute approximate surface area is 152 Å². The lowest BCUT2D eigenvalue weighted by atomic mass is 10.1. The third kappa shape index (κ3) is 5.11. The lowest BCUT2D eigenvalue weighted by Crippen LogP contribution is -2.09. The lowest BCUT2D eigenvalue weighted by Gasteiger charge is -2.07. The minimum absolute atomic E-state index is 0.294. The fourth-order valence-electron chi connectivity index (χ4n) is 2.24. The number of methoxy groups -OCH3 is 2. The highest BCUT2D eigenvalue weighted by atomic mass is 16.5. The topological polar surface area (TPSA) is 73.9 Å².